The molecule has 0 aliphatic rings. The van der Waals surface area contributed by atoms with Crippen LogP contribution in [0.15, 0.2) is 30.5 Å². The first-order chi connectivity index (χ1) is 9.69. The summed E-state index contributed by atoms with van der Waals surface area (Å²) < 4.78 is 0. The summed E-state index contributed by atoms with van der Waals surface area (Å²) in [5, 5.41) is 3.20. The van der Waals surface area contributed by atoms with Crippen LogP contribution >= 0.6 is 0 Å². The number of aromatic nitrogens is 3. The quantitative estimate of drug-likeness (QED) is 0.875. The normalized spacial score (nSPS) is 10.3. The van der Waals surface area contributed by atoms with Gasteiger partial charge in [0.15, 0.2) is 0 Å². The van der Waals surface area contributed by atoms with E-state index in [0.29, 0.717) is 5.95 Å². The summed E-state index contributed by atoms with van der Waals surface area (Å²) in [5.74, 6) is 1.57. The molecule has 0 spiro atoms. The highest BCUT2D eigenvalue weighted by molar-refractivity contribution is 5.42. The number of aryl methyl sites for hydroxylation is 1. The zero-order chi connectivity index (χ0) is 14.4. The van der Waals surface area contributed by atoms with E-state index in [2.05, 4.69) is 32.1 Å². The Kier molecular flexibility index (Phi) is 4.87. The number of pyridine rings is 1. The van der Waals surface area contributed by atoms with Crippen LogP contribution in [-0.2, 0) is 6.54 Å². The molecule has 0 aromatic carbocycles. The molecule has 1 N–H and O–H groups in total. The zero-order valence-corrected chi connectivity index (χ0v) is 12.3. The summed E-state index contributed by atoms with van der Waals surface area (Å²) in [6.07, 6.45) is 2.83. The van der Waals surface area contributed by atoms with E-state index in [4.69, 9.17) is 0 Å². The molecule has 2 aromatic heterocycles. The van der Waals surface area contributed by atoms with Crippen molar-refractivity contribution in [2.24, 2.45) is 0 Å². The first-order valence-corrected chi connectivity index (χ1v) is 6.89. The van der Waals surface area contributed by atoms with Crippen molar-refractivity contribution in [3.8, 4) is 0 Å². The number of anilines is 2. The van der Waals surface area contributed by atoms with Crippen molar-refractivity contribution in [2.45, 2.75) is 26.8 Å². The highest BCUT2D eigenvalue weighted by atomic mass is 15.2. The molecule has 2 rings (SSSR count). The Morgan fingerprint density at radius 1 is 1.20 bits per heavy atom. The fourth-order valence-corrected chi connectivity index (χ4v) is 1.90. The molecule has 2 aromatic rings. The summed E-state index contributed by atoms with van der Waals surface area (Å²) >= 11 is 0. The average molecular weight is 271 g/mol. The van der Waals surface area contributed by atoms with Crippen molar-refractivity contribution in [2.75, 3.05) is 23.8 Å². The molecule has 0 radical (unpaired) electrons. The maximum Gasteiger partial charge on any atom is 0.224 e. The Hall–Kier alpha value is -2.17. The van der Waals surface area contributed by atoms with Crippen LogP contribution in [0.1, 0.15) is 24.7 Å². The lowest BCUT2D eigenvalue weighted by atomic mass is 10.3. The Morgan fingerprint density at radius 2 is 2.05 bits per heavy atom. The third-order valence-electron chi connectivity index (χ3n) is 2.91. The van der Waals surface area contributed by atoms with Crippen LogP contribution in [0.5, 0.6) is 0 Å². The lowest BCUT2D eigenvalue weighted by Crippen LogP contribution is -2.19. The van der Waals surface area contributed by atoms with E-state index in [1.54, 1.807) is 6.20 Å². The van der Waals surface area contributed by atoms with Gasteiger partial charge in [0.2, 0.25) is 5.95 Å². The molecular formula is C15H21N5. The van der Waals surface area contributed by atoms with Gasteiger partial charge in [-0.25, -0.2) is 4.98 Å². The molecule has 0 atom stereocenters. The van der Waals surface area contributed by atoms with Gasteiger partial charge in [-0.3, -0.25) is 4.98 Å². The summed E-state index contributed by atoms with van der Waals surface area (Å²) in [4.78, 5) is 15.3. The van der Waals surface area contributed by atoms with Crippen LogP contribution in [0, 0.1) is 6.92 Å². The average Bonchev–Trinajstić information content (AvgIpc) is 2.45. The fraction of sp³-hybridized carbons (Fsp3) is 0.400. The largest absolute Gasteiger partial charge is 0.354 e. The lowest BCUT2D eigenvalue weighted by molar-refractivity contribution is 0.852. The van der Waals surface area contributed by atoms with Crippen molar-refractivity contribution in [3.63, 3.8) is 0 Å². The van der Waals surface area contributed by atoms with E-state index < -0.39 is 0 Å². The molecule has 0 fully saturated rings. The molecule has 20 heavy (non-hydrogen) atoms. The van der Waals surface area contributed by atoms with E-state index in [1.807, 2.05) is 38.2 Å². The minimum Gasteiger partial charge on any atom is -0.354 e. The Labute approximate surface area is 120 Å². The van der Waals surface area contributed by atoms with Crippen LogP contribution in [-0.4, -0.2) is 28.5 Å². The van der Waals surface area contributed by atoms with Gasteiger partial charge in [0.1, 0.15) is 5.82 Å². The zero-order valence-electron chi connectivity index (χ0n) is 12.3. The lowest BCUT2D eigenvalue weighted by Gasteiger charge is -2.18. The van der Waals surface area contributed by atoms with E-state index in [-0.39, 0.29) is 0 Å². The fourth-order valence-electron chi connectivity index (χ4n) is 1.90. The molecule has 0 bridgehead atoms. The topological polar surface area (TPSA) is 53.9 Å². The van der Waals surface area contributed by atoms with Gasteiger partial charge in [-0.1, -0.05) is 13.0 Å². The SMILES string of the molecule is CCCNc1nccc(N(C)Cc2cccc(C)n2)n1. The van der Waals surface area contributed by atoms with Gasteiger partial charge in [-0.05, 0) is 31.5 Å². The smallest absolute Gasteiger partial charge is 0.224 e. The predicted molar refractivity (Wildman–Crippen MR) is 81.9 cm³/mol. The third-order valence-corrected chi connectivity index (χ3v) is 2.91. The Balaban J connectivity index is 2.06. The standard InChI is InChI=1S/C15H21N5/c1-4-9-16-15-17-10-8-14(19-15)20(3)11-13-7-5-6-12(2)18-13/h5-8,10H,4,9,11H2,1-3H3,(H,16,17,19). The van der Waals surface area contributed by atoms with Crippen LogP contribution in [0.25, 0.3) is 0 Å². The van der Waals surface area contributed by atoms with Gasteiger partial charge in [0, 0.05) is 25.5 Å². The van der Waals surface area contributed by atoms with E-state index in [0.717, 1.165) is 36.7 Å². The molecule has 5 nitrogen and oxygen atoms in total. The summed E-state index contributed by atoms with van der Waals surface area (Å²) in [6.45, 7) is 5.73. The molecule has 5 heteroatoms. The van der Waals surface area contributed by atoms with Crippen molar-refractivity contribution in [1.82, 2.24) is 15.0 Å². The van der Waals surface area contributed by atoms with E-state index in [1.165, 1.54) is 0 Å². The van der Waals surface area contributed by atoms with Gasteiger partial charge >= 0.3 is 0 Å². The summed E-state index contributed by atoms with van der Waals surface area (Å²) in [6, 6.07) is 7.97. The molecule has 0 amide bonds. The van der Waals surface area contributed by atoms with Crippen LogP contribution in [0.4, 0.5) is 11.8 Å². The van der Waals surface area contributed by atoms with Crippen molar-refractivity contribution in [1.29, 1.82) is 0 Å². The maximum absolute atomic E-state index is 4.51. The Bertz CT molecular complexity index is 555. The molecule has 0 saturated heterocycles. The van der Waals surface area contributed by atoms with Crippen molar-refractivity contribution in [3.05, 3.63) is 41.9 Å². The molecule has 0 aliphatic carbocycles. The highest BCUT2D eigenvalue weighted by Gasteiger charge is 2.06. The van der Waals surface area contributed by atoms with Gasteiger partial charge < -0.3 is 10.2 Å². The number of nitrogens with one attached hydrogen (secondary N) is 1. The third kappa shape index (κ3) is 3.91. The van der Waals surface area contributed by atoms with Gasteiger partial charge in [0.05, 0.1) is 12.2 Å². The molecule has 106 valence electrons. The van der Waals surface area contributed by atoms with Crippen LogP contribution in [0.2, 0.25) is 0 Å². The van der Waals surface area contributed by atoms with E-state index in [9.17, 15) is 0 Å². The molecule has 0 unspecified atom stereocenters. The summed E-state index contributed by atoms with van der Waals surface area (Å²) in [5.41, 5.74) is 2.07. The first-order valence-electron chi connectivity index (χ1n) is 6.89. The minimum atomic E-state index is 0.674. The second-order valence-electron chi connectivity index (χ2n) is 4.79. The highest BCUT2D eigenvalue weighted by Crippen LogP contribution is 2.13. The number of hydrogen-bond acceptors (Lipinski definition) is 5. The number of rotatable bonds is 6. The number of nitrogens with zero attached hydrogens (tertiary/aromatic N) is 4. The Morgan fingerprint density at radius 3 is 2.80 bits per heavy atom. The van der Waals surface area contributed by atoms with Gasteiger partial charge in [-0.2, -0.15) is 4.98 Å². The molecule has 0 saturated carbocycles. The molecular weight excluding hydrogens is 250 g/mol. The van der Waals surface area contributed by atoms with Crippen LogP contribution in [0.3, 0.4) is 0 Å². The van der Waals surface area contributed by atoms with E-state index >= 15 is 0 Å². The van der Waals surface area contributed by atoms with Crippen LogP contribution < -0.4 is 10.2 Å². The molecule has 2 heterocycles. The second kappa shape index (κ2) is 6.84. The maximum atomic E-state index is 4.51. The number of hydrogen-bond donors (Lipinski definition) is 1. The van der Waals surface area contributed by atoms with Crippen molar-refractivity contribution >= 4 is 11.8 Å². The van der Waals surface area contributed by atoms with Gasteiger partial charge in [-0.15, -0.1) is 0 Å². The first kappa shape index (κ1) is 14.2. The summed E-state index contributed by atoms with van der Waals surface area (Å²) in [7, 11) is 2.01. The minimum absolute atomic E-state index is 0.674. The monoisotopic (exact) mass is 271 g/mol. The van der Waals surface area contributed by atoms with Gasteiger partial charge in [0.25, 0.3) is 0 Å². The predicted octanol–water partition coefficient (Wildman–Crippen LogP) is 2.64. The van der Waals surface area contributed by atoms with Crippen molar-refractivity contribution < 1.29 is 0 Å². The second-order valence-corrected chi connectivity index (χ2v) is 4.79. The molecule has 0 aliphatic heterocycles.